The van der Waals surface area contributed by atoms with Gasteiger partial charge in [-0.05, 0) is 109 Å². The first kappa shape index (κ1) is 41.0. The number of carboxylic acid groups (broad SMARTS) is 1. The van der Waals surface area contributed by atoms with Crippen molar-refractivity contribution in [3.8, 4) is 23.0 Å². The van der Waals surface area contributed by atoms with Crippen LogP contribution in [0.4, 0.5) is 11.4 Å². The molecule has 1 atom stereocenters. The van der Waals surface area contributed by atoms with Crippen molar-refractivity contribution in [1.82, 2.24) is 10.6 Å². The van der Waals surface area contributed by atoms with Crippen LogP contribution in [0, 0.1) is 10.8 Å². The lowest BCUT2D eigenvalue weighted by atomic mass is 9.90. The van der Waals surface area contributed by atoms with Gasteiger partial charge in [-0.25, -0.2) is 0 Å². The lowest BCUT2D eigenvalue weighted by Crippen LogP contribution is -2.31. The number of phenols is 4. The molecule has 14 N–H and O–H groups in total. The highest BCUT2D eigenvalue weighted by Crippen LogP contribution is 2.35. The Morgan fingerprint density at radius 3 is 1.94 bits per heavy atom. The number of hydrogen-bond donors (Lipinski definition) is 12. The van der Waals surface area contributed by atoms with E-state index in [1.54, 1.807) is 66.7 Å². The van der Waals surface area contributed by atoms with E-state index in [4.69, 9.17) is 27.4 Å². The van der Waals surface area contributed by atoms with Gasteiger partial charge in [-0.15, -0.1) is 22.1 Å². The standard InChI is InChI=1S/C16H17NO4.C14H15N7.C4H7NO3.BrH/c18-13-2-1-9(6-14(13)19)5-12-11-8-16(21)15(20)7-10(11)3-4-17-12;15-13(16)9-1-5-11(6-2-9)19-21-20-12-7-3-10(4-8-12)14(17)18;1-3(6)5-2-4(7)8;/h1-2,6-8,12,17-21H,3-5H2;1-8H,(H3,15,16)(H3,17,18)(H,19,20);2H2,1H3,(H,5,6)(H,7,8);1H. The Balaban J connectivity index is 0.000000288. The fourth-order valence-electron chi connectivity index (χ4n) is 4.55. The molecular formula is C34H40BrN9O7. The first-order valence-corrected chi connectivity index (χ1v) is 15.0. The molecule has 17 heteroatoms. The van der Waals surface area contributed by atoms with Crippen molar-refractivity contribution in [2.45, 2.75) is 25.8 Å². The van der Waals surface area contributed by atoms with Crippen molar-refractivity contribution in [2.24, 2.45) is 21.8 Å². The van der Waals surface area contributed by atoms with Gasteiger partial charge in [0.05, 0.1) is 11.4 Å². The number of phenolic OH excluding ortho intramolecular Hbond substituents is 4. The van der Waals surface area contributed by atoms with Gasteiger partial charge in [-0.3, -0.25) is 25.8 Å². The van der Waals surface area contributed by atoms with Crippen molar-refractivity contribution in [3.05, 3.63) is 107 Å². The summed E-state index contributed by atoms with van der Waals surface area (Å²) in [6, 6.07) is 21.8. The van der Waals surface area contributed by atoms with Crippen LogP contribution in [0.3, 0.4) is 0 Å². The summed E-state index contributed by atoms with van der Waals surface area (Å²) in [6.07, 6.45) is 1.41. The van der Waals surface area contributed by atoms with Crippen LogP contribution in [0.15, 0.2) is 89.2 Å². The maximum atomic E-state index is 9.97. The zero-order valence-corrected chi connectivity index (χ0v) is 29.1. The summed E-state index contributed by atoms with van der Waals surface area (Å²) in [7, 11) is 0. The molecule has 0 aromatic heterocycles. The van der Waals surface area contributed by atoms with Crippen LogP contribution in [0.1, 0.15) is 40.8 Å². The summed E-state index contributed by atoms with van der Waals surface area (Å²) >= 11 is 0. The smallest absolute Gasteiger partial charge is 0.322 e. The van der Waals surface area contributed by atoms with Gasteiger partial charge in [-0.2, -0.15) is 0 Å². The van der Waals surface area contributed by atoms with Gasteiger partial charge in [0.25, 0.3) is 0 Å². The van der Waals surface area contributed by atoms with Crippen LogP contribution in [-0.4, -0.2) is 62.2 Å². The third-order valence-electron chi connectivity index (χ3n) is 7.08. The SMILES string of the molecule is Br.CC(=O)NCC(=O)O.N=C(N)c1ccc(N=NNc2ccc(C(=N)N)cc2)cc1.Oc1ccc(CC2NCCc3cc(O)c(O)cc32)cc1O. The lowest BCUT2D eigenvalue weighted by molar-refractivity contribution is -0.137. The maximum absolute atomic E-state index is 9.97. The topological polar surface area (TPSA) is 296 Å². The van der Waals surface area contributed by atoms with E-state index < -0.39 is 5.97 Å². The second-order valence-electron chi connectivity index (χ2n) is 10.9. The summed E-state index contributed by atoms with van der Waals surface area (Å²) in [5.74, 6) is -1.83. The van der Waals surface area contributed by atoms with Crippen LogP contribution in [0.25, 0.3) is 0 Å². The summed E-state index contributed by atoms with van der Waals surface area (Å²) in [6.45, 7) is 1.75. The number of carbonyl (C=O) groups excluding carboxylic acids is 1. The number of aliphatic carboxylic acids is 1. The van der Waals surface area contributed by atoms with Gasteiger partial charge >= 0.3 is 5.97 Å². The number of carboxylic acids is 1. The van der Waals surface area contributed by atoms with Crippen molar-refractivity contribution < 1.29 is 35.1 Å². The number of halogens is 1. The molecule has 5 rings (SSSR count). The lowest BCUT2D eigenvalue weighted by Gasteiger charge is -2.27. The van der Waals surface area contributed by atoms with E-state index in [2.05, 4.69) is 26.4 Å². The molecule has 0 radical (unpaired) electrons. The molecule has 1 amide bonds. The van der Waals surface area contributed by atoms with E-state index >= 15 is 0 Å². The molecule has 0 saturated heterocycles. The number of nitrogens with zero attached hydrogens (tertiary/aromatic N) is 2. The predicted molar refractivity (Wildman–Crippen MR) is 197 cm³/mol. The van der Waals surface area contributed by atoms with Crippen LogP contribution < -0.4 is 27.5 Å². The van der Waals surface area contributed by atoms with Crippen LogP contribution in [-0.2, 0) is 22.4 Å². The molecule has 0 aliphatic carbocycles. The minimum absolute atomic E-state index is 0. The average Bonchev–Trinajstić information content (AvgIpc) is 3.07. The predicted octanol–water partition coefficient (Wildman–Crippen LogP) is 4.09. The Hall–Kier alpha value is -6.20. The number of nitrogens with two attached hydrogens (primary N) is 2. The molecule has 1 heterocycles. The van der Waals surface area contributed by atoms with E-state index in [1.165, 1.54) is 19.1 Å². The minimum atomic E-state index is -1.03. The fraction of sp³-hybridized carbons (Fsp3) is 0.176. The van der Waals surface area contributed by atoms with Crippen LogP contribution in [0.2, 0.25) is 0 Å². The normalized spacial score (nSPS) is 12.8. The van der Waals surface area contributed by atoms with E-state index in [0.717, 1.165) is 35.3 Å². The maximum Gasteiger partial charge on any atom is 0.322 e. The third kappa shape index (κ3) is 13.3. The second-order valence-corrected chi connectivity index (χ2v) is 10.9. The van der Waals surface area contributed by atoms with E-state index in [-0.39, 0.29) is 70.1 Å². The summed E-state index contributed by atoms with van der Waals surface area (Å²) < 4.78 is 0. The zero-order chi connectivity index (χ0) is 36.8. The summed E-state index contributed by atoms with van der Waals surface area (Å²) in [5.41, 5.74) is 19.0. The molecule has 16 nitrogen and oxygen atoms in total. The van der Waals surface area contributed by atoms with E-state index in [0.29, 0.717) is 23.2 Å². The third-order valence-corrected chi connectivity index (χ3v) is 7.08. The molecule has 0 bridgehead atoms. The van der Waals surface area contributed by atoms with Crippen molar-refractivity contribution in [1.29, 1.82) is 10.8 Å². The molecule has 51 heavy (non-hydrogen) atoms. The Bertz CT molecular complexity index is 1840. The Morgan fingerprint density at radius 1 is 0.843 bits per heavy atom. The summed E-state index contributed by atoms with van der Waals surface area (Å²) in [5, 5.41) is 74.1. The highest BCUT2D eigenvalue weighted by atomic mass is 79.9. The number of aromatic hydroxyl groups is 4. The van der Waals surface area contributed by atoms with Gasteiger partial charge in [-0.1, -0.05) is 11.3 Å². The van der Waals surface area contributed by atoms with Gasteiger partial charge in [0, 0.05) is 24.1 Å². The highest BCUT2D eigenvalue weighted by Gasteiger charge is 2.22. The number of nitrogen functional groups attached to an aromatic ring is 2. The monoisotopic (exact) mass is 765 g/mol. The molecule has 4 aromatic carbocycles. The quantitative estimate of drug-likeness (QED) is 0.0379. The number of rotatable bonds is 9. The second kappa shape index (κ2) is 19.7. The van der Waals surface area contributed by atoms with Gasteiger partial charge in [0.15, 0.2) is 23.0 Å². The van der Waals surface area contributed by atoms with Crippen molar-refractivity contribution in [3.63, 3.8) is 0 Å². The van der Waals surface area contributed by atoms with Crippen molar-refractivity contribution in [2.75, 3.05) is 18.5 Å². The van der Waals surface area contributed by atoms with E-state index in [9.17, 15) is 30.0 Å². The van der Waals surface area contributed by atoms with Gasteiger partial charge in [0.2, 0.25) is 5.91 Å². The fourth-order valence-corrected chi connectivity index (χ4v) is 4.55. The zero-order valence-electron chi connectivity index (χ0n) is 27.4. The molecule has 1 aliphatic rings. The number of carbonyl (C=O) groups is 2. The molecular weight excluding hydrogens is 726 g/mol. The van der Waals surface area contributed by atoms with Crippen LogP contribution >= 0.6 is 17.0 Å². The molecule has 4 aromatic rings. The van der Waals surface area contributed by atoms with E-state index in [1.807, 2.05) is 0 Å². The molecule has 1 aliphatic heterocycles. The number of nitrogens with one attached hydrogen (secondary N) is 5. The minimum Gasteiger partial charge on any atom is -0.504 e. The molecule has 270 valence electrons. The Morgan fingerprint density at radius 2 is 1.41 bits per heavy atom. The Kier molecular flexibility index (Phi) is 15.8. The first-order valence-electron chi connectivity index (χ1n) is 15.0. The number of benzene rings is 4. The molecule has 0 fully saturated rings. The number of hydrogen-bond acceptors (Lipinski definition) is 11. The number of amidine groups is 2. The summed E-state index contributed by atoms with van der Waals surface area (Å²) in [4.78, 5) is 19.7. The Labute approximate surface area is 303 Å². The highest BCUT2D eigenvalue weighted by molar-refractivity contribution is 8.93. The largest absolute Gasteiger partial charge is 0.504 e. The molecule has 0 saturated carbocycles. The molecule has 0 spiro atoms. The number of amides is 1. The number of anilines is 1. The molecule has 1 unspecified atom stereocenters. The van der Waals surface area contributed by atoms with Crippen LogP contribution in [0.5, 0.6) is 23.0 Å². The average molecular weight is 767 g/mol. The van der Waals surface area contributed by atoms with Gasteiger partial charge in [0.1, 0.15) is 18.2 Å². The number of fused-ring (bicyclic) bond motifs is 1. The van der Waals surface area contributed by atoms with Gasteiger partial charge < -0.3 is 47.6 Å². The first-order chi connectivity index (χ1) is 23.7. The van der Waals surface area contributed by atoms with Crippen molar-refractivity contribution >= 4 is 51.9 Å².